The zero-order valence-corrected chi connectivity index (χ0v) is 10.9. The summed E-state index contributed by atoms with van der Waals surface area (Å²) in [6, 6.07) is 6.04. The van der Waals surface area contributed by atoms with Crippen LogP contribution in [0.4, 0.5) is 0 Å². The van der Waals surface area contributed by atoms with Crippen LogP contribution in [0.5, 0.6) is 5.75 Å². The first kappa shape index (κ1) is 13.3. The van der Waals surface area contributed by atoms with Crippen molar-refractivity contribution in [1.29, 1.82) is 0 Å². The van der Waals surface area contributed by atoms with E-state index < -0.39 is 9.84 Å². The maximum Gasteiger partial charge on any atom is 0.183 e. The Morgan fingerprint density at radius 3 is 2.56 bits per heavy atom. The van der Waals surface area contributed by atoms with Crippen molar-refractivity contribution in [1.82, 2.24) is 4.90 Å². The highest BCUT2D eigenvalue weighted by Gasteiger charge is 2.20. The lowest BCUT2D eigenvalue weighted by atomic mass is 10.3. The second kappa shape index (κ2) is 5.69. The van der Waals surface area contributed by atoms with Crippen LogP contribution >= 0.6 is 0 Å². The largest absolute Gasteiger partial charge is 0.507 e. The minimum Gasteiger partial charge on any atom is -0.507 e. The van der Waals surface area contributed by atoms with Gasteiger partial charge in [-0.2, -0.15) is 0 Å². The quantitative estimate of drug-likeness (QED) is 0.863. The highest BCUT2D eigenvalue weighted by Crippen LogP contribution is 2.22. The molecule has 1 N–H and O–H groups in total. The van der Waals surface area contributed by atoms with Gasteiger partial charge in [-0.1, -0.05) is 12.1 Å². The Hall–Kier alpha value is -1.11. The normalized spacial score (nSPS) is 17.8. The van der Waals surface area contributed by atoms with Crippen LogP contribution < -0.4 is 0 Å². The summed E-state index contributed by atoms with van der Waals surface area (Å²) in [5.74, 6) is -0.163. The first-order valence-corrected chi connectivity index (χ1v) is 7.56. The minimum absolute atomic E-state index is 0.0123. The van der Waals surface area contributed by atoms with Gasteiger partial charge in [0.2, 0.25) is 0 Å². The Kier molecular flexibility index (Phi) is 4.21. The molecular weight excluding hydrogens is 254 g/mol. The number of para-hydroxylation sites is 1. The fraction of sp³-hybridized carbons (Fsp3) is 0.500. The molecule has 1 saturated heterocycles. The first-order chi connectivity index (χ1) is 8.59. The fourth-order valence-electron chi connectivity index (χ4n) is 1.90. The molecule has 0 spiro atoms. The van der Waals surface area contributed by atoms with E-state index in [2.05, 4.69) is 4.90 Å². The number of hydrogen-bond acceptors (Lipinski definition) is 5. The molecule has 1 fully saturated rings. The van der Waals surface area contributed by atoms with Gasteiger partial charge in [-0.15, -0.1) is 0 Å². The molecule has 100 valence electrons. The summed E-state index contributed by atoms with van der Waals surface area (Å²) in [5.41, 5.74) is 0. The van der Waals surface area contributed by atoms with Crippen LogP contribution in [0.25, 0.3) is 0 Å². The van der Waals surface area contributed by atoms with Crippen molar-refractivity contribution in [3.8, 4) is 5.75 Å². The number of sulfone groups is 1. The number of phenolic OH excluding ortho intramolecular Hbond substituents is 1. The summed E-state index contributed by atoms with van der Waals surface area (Å²) in [7, 11) is -3.42. The Labute approximate surface area is 107 Å². The Balaban J connectivity index is 2.01. The van der Waals surface area contributed by atoms with E-state index in [1.165, 1.54) is 12.1 Å². The van der Waals surface area contributed by atoms with E-state index >= 15 is 0 Å². The molecule has 1 aliphatic rings. The van der Waals surface area contributed by atoms with Gasteiger partial charge in [-0.25, -0.2) is 8.42 Å². The lowest BCUT2D eigenvalue weighted by molar-refractivity contribution is 0.0408. The maximum atomic E-state index is 12.1. The molecule has 6 heteroatoms. The molecule has 1 heterocycles. The highest BCUT2D eigenvalue weighted by molar-refractivity contribution is 7.91. The van der Waals surface area contributed by atoms with Crippen LogP contribution in [0, 0.1) is 0 Å². The van der Waals surface area contributed by atoms with Crippen molar-refractivity contribution >= 4 is 9.84 Å². The summed E-state index contributed by atoms with van der Waals surface area (Å²) < 4.78 is 29.4. The Morgan fingerprint density at radius 2 is 1.89 bits per heavy atom. The molecule has 0 atom stereocenters. The van der Waals surface area contributed by atoms with Gasteiger partial charge in [-0.05, 0) is 12.1 Å². The smallest absolute Gasteiger partial charge is 0.183 e. The fourth-order valence-corrected chi connectivity index (χ4v) is 3.30. The average molecular weight is 271 g/mol. The molecule has 0 aromatic heterocycles. The van der Waals surface area contributed by atoms with Gasteiger partial charge in [0, 0.05) is 19.6 Å². The van der Waals surface area contributed by atoms with E-state index in [1.807, 2.05) is 0 Å². The molecular formula is C12H17NO4S. The molecule has 0 aliphatic carbocycles. The summed E-state index contributed by atoms with van der Waals surface area (Å²) in [4.78, 5) is 2.07. The monoisotopic (exact) mass is 271 g/mol. The van der Waals surface area contributed by atoms with Gasteiger partial charge >= 0.3 is 0 Å². The van der Waals surface area contributed by atoms with Crippen LogP contribution in [-0.4, -0.2) is 57.0 Å². The standard InChI is InChI=1S/C12H17NO4S/c14-11-3-1-2-4-12(11)18(15,16)10-7-13-5-8-17-9-6-13/h1-4,14H,5-10H2. The highest BCUT2D eigenvalue weighted by atomic mass is 32.2. The first-order valence-electron chi connectivity index (χ1n) is 5.90. The van der Waals surface area contributed by atoms with E-state index in [0.717, 1.165) is 13.1 Å². The van der Waals surface area contributed by atoms with E-state index in [1.54, 1.807) is 12.1 Å². The molecule has 0 unspecified atom stereocenters. The third-order valence-corrected chi connectivity index (χ3v) is 4.72. The van der Waals surface area contributed by atoms with Crippen molar-refractivity contribution in [2.24, 2.45) is 0 Å². The van der Waals surface area contributed by atoms with E-state index in [0.29, 0.717) is 19.8 Å². The van der Waals surface area contributed by atoms with Crippen molar-refractivity contribution in [3.63, 3.8) is 0 Å². The molecule has 1 aliphatic heterocycles. The zero-order valence-electron chi connectivity index (χ0n) is 10.1. The lowest BCUT2D eigenvalue weighted by Gasteiger charge is -2.26. The predicted octanol–water partition coefficient (Wildman–Crippen LogP) is 0.498. The SMILES string of the molecule is O=S(=O)(CCN1CCOCC1)c1ccccc1O. The van der Waals surface area contributed by atoms with Gasteiger partial charge in [0.25, 0.3) is 0 Å². The van der Waals surface area contributed by atoms with Crippen molar-refractivity contribution in [2.75, 3.05) is 38.6 Å². The van der Waals surface area contributed by atoms with Crippen molar-refractivity contribution in [2.45, 2.75) is 4.90 Å². The topological polar surface area (TPSA) is 66.8 Å². The van der Waals surface area contributed by atoms with Crippen LogP contribution in [0.3, 0.4) is 0 Å². The number of aromatic hydroxyl groups is 1. The Morgan fingerprint density at radius 1 is 1.22 bits per heavy atom. The molecule has 0 bridgehead atoms. The molecule has 0 radical (unpaired) electrons. The van der Waals surface area contributed by atoms with Crippen LogP contribution in [0.2, 0.25) is 0 Å². The lowest BCUT2D eigenvalue weighted by Crippen LogP contribution is -2.39. The number of phenols is 1. The van der Waals surface area contributed by atoms with Crippen LogP contribution in [0.1, 0.15) is 0 Å². The van der Waals surface area contributed by atoms with Crippen LogP contribution in [0.15, 0.2) is 29.2 Å². The van der Waals surface area contributed by atoms with E-state index in [4.69, 9.17) is 4.74 Å². The molecule has 18 heavy (non-hydrogen) atoms. The average Bonchev–Trinajstić information content (AvgIpc) is 2.38. The number of nitrogens with zero attached hydrogens (tertiary/aromatic N) is 1. The zero-order chi connectivity index (χ0) is 13.0. The predicted molar refractivity (Wildman–Crippen MR) is 67.4 cm³/mol. The second-order valence-electron chi connectivity index (χ2n) is 4.24. The number of benzene rings is 1. The Bertz CT molecular complexity index is 495. The van der Waals surface area contributed by atoms with E-state index in [-0.39, 0.29) is 16.4 Å². The maximum absolute atomic E-state index is 12.1. The summed E-state index contributed by atoms with van der Waals surface area (Å²) in [5, 5.41) is 9.57. The minimum atomic E-state index is -3.42. The molecule has 0 saturated carbocycles. The van der Waals surface area contributed by atoms with Gasteiger partial charge in [-0.3, -0.25) is 4.90 Å². The van der Waals surface area contributed by atoms with Crippen molar-refractivity contribution < 1.29 is 18.3 Å². The van der Waals surface area contributed by atoms with Crippen LogP contribution in [-0.2, 0) is 14.6 Å². The van der Waals surface area contributed by atoms with Gasteiger partial charge in [0.1, 0.15) is 10.6 Å². The number of rotatable bonds is 4. The molecule has 0 amide bonds. The third-order valence-electron chi connectivity index (χ3n) is 2.98. The molecule has 1 aromatic rings. The van der Waals surface area contributed by atoms with Gasteiger partial charge < -0.3 is 9.84 Å². The summed E-state index contributed by atoms with van der Waals surface area (Å²) in [6.45, 7) is 3.29. The number of hydrogen-bond donors (Lipinski definition) is 1. The van der Waals surface area contributed by atoms with E-state index in [9.17, 15) is 13.5 Å². The molecule has 5 nitrogen and oxygen atoms in total. The molecule has 1 aromatic carbocycles. The number of morpholine rings is 1. The van der Waals surface area contributed by atoms with Crippen molar-refractivity contribution in [3.05, 3.63) is 24.3 Å². The van der Waals surface area contributed by atoms with Gasteiger partial charge in [0.15, 0.2) is 9.84 Å². The van der Waals surface area contributed by atoms with Gasteiger partial charge in [0.05, 0.1) is 19.0 Å². The summed E-state index contributed by atoms with van der Waals surface area (Å²) >= 11 is 0. The number of ether oxygens (including phenoxy) is 1. The molecule has 2 rings (SSSR count). The second-order valence-corrected chi connectivity index (χ2v) is 6.32. The third kappa shape index (κ3) is 3.22. The summed E-state index contributed by atoms with van der Waals surface area (Å²) in [6.07, 6.45) is 0.